The summed E-state index contributed by atoms with van der Waals surface area (Å²) in [5, 5.41) is 2.12. The smallest absolute Gasteiger partial charge is 0.164 e. The van der Waals surface area contributed by atoms with Crippen LogP contribution in [0.1, 0.15) is 0 Å². The summed E-state index contributed by atoms with van der Waals surface area (Å²) in [6.45, 7) is 0. The number of nitrogens with zero attached hydrogens (tertiary/aromatic N) is 3. The fraction of sp³-hybridized carbons (Fsp3) is 0. The van der Waals surface area contributed by atoms with E-state index in [1.54, 1.807) is 0 Å². The highest BCUT2D eigenvalue weighted by molar-refractivity contribution is 6.07. The summed E-state index contributed by atoms with van der Waals surface area (Å²) in [5.41, 5.74) is 11.4. The van der Waals surface area contributed by atoms with Crippen LogP contribution in [-0.4, -0.2) is 15.0 Å². The van der Waals surface area contributed by atoms with Gasteiger partial charge in [-0.05, 0) is 63.7 Å². The molecular weight excluding hydrogens is 599 g/mol. The summed E-state index contributed by atoms with van der Waals surface area (Å²) in [4.78, 5) is 14.7. The molecule has 0 spiro atoms. The number of aromatic nitrogens is 3. The van der Waals surface area contributed by atoms with Gasteiger partial charge >= 0.3 is 0 Å². The van der Waals surface area contributed by atoms with Gasteiger partial charge in [0.15, 0.2) is 17.5 Å². The molecule has 0 unspecified atom stereocenters. The monoisotopic (exact) mass is 627 g/mol. The van der Waals surface area contributed by atoms with E-state index >= 15 is 0 Å². The summed E-state index contributed by atoms with van der Waals surface area (Å²) < 4.78 is 6.56. The van der Waals surface area contributed by atoms with Crippen LogP contribution in [0.15, 0.2) is 180 Å². The Hall–Kier alpha value is -6.65. The van der Waals surface area contributed by atoms with E-state index in [0.29, 0.717) is 17.5 Å². The maximum atomic E-state index is 6.56. The molecule has 2 aromatic heterocycles. The van der Waals surface area contributed by atoms with Crippen molar-refractivity contribution in [2.75, 3.05) is 0 Å². The molecule has 0 fully saturated rings. The summed E-state index contributed by atoms with van der Waals surface area (Å²) in [5.74, 6) is 1.86. The van der Waals surface area contributed by atoms with Gasteiger partial charge in [0, 0.05) is 27.5 Å². The SMILES string of the molecule is c1ccc(-c2cccc(-c3ccccc3-c3ccc4c(c3)oc3cc(-c5nc(-c6ccccc6)nc(-c6ccccc6)n5)ccc34)c2)cc1. The quantitative estimate of drug-likeness (QED) is 0.184. The predicted molar refractivity (Wildman–Crippen MR) is 200 cm³/mol. The van der Waals surface area contributed by atoms with Crippen molar-refractivity contribution in [3.63, 3.8) is 0 Å². The van der Waals surface area contributed by atoms with Crippen molar-refractivity contribution in [1.29, 1.82) is 0 Å². The summed E-state index contributed by atoms with van der Waals surface area (Å²) in [6.07, 6.45) is 0. The Kier molecular flexibility index (Phi) is 7.10. The molecule has 2 heterocycles. The standard InChI is InChI=1S/C45H29N3O/c1-4-13-30(14-5-1)33-19-12-20-34(27-33)37-21-10-11-22-38(37)35-23-25-39-40-26-24-36(29-42(40)49-41(39)28-35)45-47-43(31-15-6-2-7-16-31)46-44(48-45)32-17-8-3-9-18-32/h1-29H. The van der Waals surface area contributed by atoms with Crippen LogP contribution in [-0.2, 0) is 0 Å². The average Bonchev–Trinajstić information content (AvgIpc) is 3.56. The van der Waals surface area contributed by atoms with Crippen molar-refractivity contribution in [1.82, 2.24) is 15.0 Å². The number of hydrogen-bond donors (Lipinski definition) is 0. The number of benzene rings is 7. The third-order valence-corrected chi connectivity index (χ3v) is 8.95. The van der Waals surface area contributed by atoms with Gasteiger partial charge in [0.25, 0.3) is 0 Å². The zero-order valence-electron chi connectivity index (χ0n) is 26.5. The molecule has 9 rings (SSSR count). The van der Waals surface area contributed by atoms with Crippen LogP contribution in [0.25, 0.3) is 89.5 Å². The van der Waals surface area contributed by atoms with E-state index in [4.69, 9.17) is 19.4 Å². The first-order valence-corrected chi connectivity index (χ1v) is 16.4. The third kappa shape index (κ3) is 5.45. The fourth-order valence-electron chi connectivity index (χ4n) is 6.50. The van der Waals surface area contributed by atoms with Crippen LogP contribution in [0.2, 0.25) is 0 Å². The van der Waals surface area contributed by atoms with Crippen molar-refractivity contribution < 1.29 is 4.42 Å². The first-order valence-electron chi connectivity index (χ1n) is 16.4. The first kappa shape index (κ1) is 28.6. The molecule has 230 valence electrons. The molecule has 0 amide bonds. The molecule has 0 aliphatic rings. The normalized spacial score (nSPS) is 11.3. The lowest BCUT2D eigenvalue weighted by Crippen LogP contribution is -2.00. The highest BCUT2D eigenvalue weighted by Gasteiger charge is 2.16. The van der Waals surface area contributed by atoms with Crippen molar-refractivity contribution >= 4 is 21.9 Å². The molecule has 4 nitrogen and oxygen atoms in total. The van der Waals surface area contributed by atoms with Gasteiger partial charge in [-0.3, -0.25) is 0 Å². The molecule has 49 heavy (non-hydrogen) atoms. The Morgan fingerprint density at radius 1 is 0.286 bits per heavy atom. The van der Waals surface area contributed by atoms with Crippen LogP contribution in [0, 0.1) is 0 Å². The molecule has 0 aliphatic carbocycles. The number of furan rings is 1. The van der Waals surface area contributed by atoms with Gasteiger partial charge in [-0.1, -0.05) is 146 Å². The largest absolute Gasteiger partial charge is 0.456 e. The van der Waals surface area contributed by atoms with Gasteiger partial charge in [-0.25, -0.2) is 15.0 Å². The van der Waals surface area contributed by atoms with Gasteiger partial charge in [-0.15, -0.1) is 0 Å². The van der Waals surface area contributed by atoms with E-state index in [-0.39, 0.29) is 0 Å². The zero-order valence-corrected chi connectivity index (χ0v) is 26.5. The topological polar surface area (TPSA) is 51.8 Å². The predicted octanol–water partition coefficient (Wildman–Crippen LogP) is 11.8. The van der Waals surface area contributed by atoms with Gasteiger partial charge in [0.1, 0.15) is 11.2 Å². The zero-order chi connectivity index (χ0) is 32.6. The first-order chi connectivity index (χ1) is 24.3. The Morgan fingerprint density at radius 3 is 1.27 bits per heavy atom. The Balaban J connectivity index is 1.12. The van der Waals surface area contributed by atoms with E-state index < -0.39 is 0 Å². The lowest BCUT2D eigenvalue weighted by molar-refractivity contribution is 0.669. The molecule has 4 heteroatoms. The van der Waals surface area contributed by atoms with Gasteiger partial charge < -0.3 is 4.42 Å². The van der Waals surface area contributed by atoms with E-state index in [1.807, 2.05) is 72.8 Å². The second kappa shape index (κ2) is 12.2. The molecule has 7 aromatic carbocycles. The fourth-order valence-corrected chi connectivity index (χ4v) is 6.50. The van der Waals surface area contributed by atoms with Crippen LogP contribution in [0.4, 0.5) is 0 Å². The van der Waals surface area contributed by atoms with E-state index in [1.165, 1.54) is 22.3 Å². The summed E-state index contributed by atoms with van der Waals surface area (Å²) in [6, 6.07) is 60.6. The third-order valence-electron chi connectivity index (χ3n) is 8.95. The van der Waals surface area contributed by atoms with Crippen LogP contribution in [0.5, 0.6) is 0 Å². The van der Waals surface area contributed by atoms with E-state index in [0.717, 1.165) is 49.8 Å². The van der Waals surface area contributed by atoms with Gasteiger partial charge in [0.05, 0.1) is 0 Å². The minimum atomic E-state index is 0.599. The maximum Gasteiger partial charge on any atom is 0.164 e. The average molecular weight is 628 g/mol. The maximum absolute atomic E-state index is 6.56. The van der Waals surface area contributed by atoms with E-state index in [9.17, 15) is 0 Å². The minimum Gasteiger partial charge on any atom is -0.456 e. The number of hydrogen-bond acceptors (Lipinski definition) is 4. The molecular formula is C45H29N3O. The minimum absolute atomic E-state index is 0.599. The highest BCUT2D eigenvalue weighted by Crippen LogP contribution is 2.38. The molecule has 0 saturated carbocycles. The van der Waals surface area contributed by atoms with Crippen molar-refractivity contribution in [3.8, 4) is 67.5 Å². The molecule has 0 atom stereocenters. The van der Waals surface area contributed by atoms with Crippen LogP contribution in [0.3, 0.4) is 0 Å². The van der Waals surface area contributed by atoms with Gasteiger partial charge in [0.2, 0.25) is 0 Å². The van der Waals surface area contributed by atoms with E-state index in [2.05, 4.69) is 103 Å². The second-order valence-electron chi connectivity index (χ2n) is 12.1. The Labute approximate surface area is 284 Å². The summed E-state index contributed by atoms with van der Waals surface area (Å²) >= 11 is 0. The second-order valence-corrected chi connectivity index (χ2v) is 12.1. The molecule has 0 aliphatic heterocycles. The van der Waals surface area contributed by atoms with Crippen molar-refractivity contribution in [2.24, 2.45) is 0 Å². The summed E-state index contributed by atoms with van der Waals surface area (Å²) in [7, 11) is 0. The van der Waals surface area contributed by atoms with Crippen molar-refractivity contribution in [3.05, 3.63) is 176 Å². The van der Waals surface area contributed by atoms with Crippen LogP contribution < -0.4 is 0 Å². The lowest BCUT2D eigenvalue weighted by Gasteiger charge is -2.12. The Bertz CT molecular complexity index is 2540. The molecule has 0 radical (unpaired) electrons. The highest BCUT2D eigenvalue weighted by atomic mass is 16.3. The number of fused-ring (bicyclic) bond motifs is 3. The number of rotatable bonds is 6. The molecule has 9 aromatic rings. The molecule has 0 saturated heterocycles. The molecule has 0 bridgehead atoms. The van der Waals surface area contributed by atoms with Crippen molar-refractivity contribution in [2.45, 2.75) is 0 Å². The lowest BCUT2D eigenvalue weighted by atomic mass is 9.92. The Morgan fingerprint density at radius 2 is 0.694 bits per heavy atom. The van der Waals surface area contributed by atoms with Crippen LogP contribution >= 0.6 is 0 Å². The van der Waals surface area contributed by atoms with Gasteiger partial charge in [-0.2, -0.15) is 0 Å². The molecule has 0 N–H and O–H groups in total.